The number of aryl methyl sites for hydroxylation is 4. The number of carbonyl (C=O) groups excluding carboxylic acids is 2. The molecule has 0 atom stereocenters. The van der Waals surface area contributed by atoms with E-state index in [2.05, 4.69) is 21.3 Å². The summed E-state index contributed by atoms with van der Waals surface area (Å²) < 4.78 is 2.09. The van der Waals surface area contributed by atoms with Gasteiger partial charge in [-0.15, -0.1) is 11.3 Å². The average molecular weight is 549 g/mol. The van der Waals surface area contributed by atoms with Crippen LogP contribution in [0.5, 0.6) is 0 Å². The van der Waals surface area contributed by atoms with Crippen LogP contribution in [0.15, 0.2) is 60.2 Å². The lowest BCUT2D eigenvalue weighted by Gasteiger charge is -2.14. The van der Waals surface area contributed by atoms with E-state index in [1.165, 1.54) is 4.88 Å². The highest BCUT2D eigenvalue weighted by Crippen LogP contribution is 2.39. The number of benzene rings is 2. The molecule has 2 heterocycles. The summed E-state index contributed by atoms with van der Waals surface area (Å²) in [6, 6.07) is 19.3. The number of hydrogen-bond donors (Lipinski definition) is 2. The van der Waals surface area contributed by atoms with Crippen molar-refractivity contribution < 1.29 is 9.59 Å². The normalized spacial score (nSPS) is 12.9. The maximum absolute atomic E-state index is 13.7. The van der Waals surface area contributed by atoms with Crippen LogP contribution in [-0.2, 0) is 17.6 Å². The third-order valence-electron chi connectivity index (χ3n) is 7.23. The van der Waals surface area contributed by atoms with E-state index in [4.69, 9.17) is 0 Å². The minimum atomic E-state index is -0.452. The van der Waals surface area contributed by atoms with E-state index in [1.54, 1.807) is 17.4 Å². The van der Waals surface area contributed by atoms with E-state index >= 15 is 0 Å². The van der Waals surface area contributed by atoms with Crippen molar-refractivity contribution in [3.63, 3.8) is 0 Å². The van der Waals surface area contributed by atoms with Crippen molar-refractivity contribution in [2.45, 2.75) is 53.4 Å². The second-order valence-electron chi connectivity index (χ2n) is 10.4. The number of hydrogen-bond acceptors (Lipinski definition) is 4. The lowest BCUT2D eigenvalue weighted by Crippen LogP contribution is -2.17. The van der Waals surface area contributed by atoms with Crippen LogP contribution in [0.2, 0.25) is 0 Å². The first-order valence-electron chi connectivity index (χ1n) is 13.5. The molecule has 5 rings (SSSR count). The topological polar surface area (TPSA) is 86.9 Å². The third-order valence-corrected chi connectivity index (χ3v) is 8.51. The van der Waals surface area contributed by atoms with Crippen molar-refractivity contribution in [2.75, 3.05) is 10.6 Å². The molecule has 202 valence electrons. The number of nitriles is 1. The fourth-order valence-corrected chi connectivity index (χ4v) is 6.95. The Bertz CT molecular complexity index is 1670. The maximum Gasteiger partial charge on any atom is 0.266 e. The summed E-state index contributed by atoms with van der Waals surface area (Å²) >= 11 is 1.67. The SMILES string of the molecule is Cc1cc(C)cc(NC(=O)/C(C#N)=C\c2cc(C)n(-c3sc4c(c3C(=O)Nc3ccccc3)CCCC4)c2C)c1. The van der Waals surface area contributed by atoms with Gasteiger partial charge in [-0.25, -0.2) is 0 Å². The van der Waals surface area contributed by atoms with Crippen molar-refractivity contribution in [1.29, 1.82) is 5.26 Å². The van der Waals surface area contributed by atoms with Gasteiger partial charge in [-0.05, 0) is 112 Å². The minimum absolute atomic E-state index is 0.0203. The first-order valence-corrected chi connectivity index (χ1v) is 14.3. The number of amides is 2. The highest BCUT2D eigenvalue weighted by Gasteiger charge is 2.28. The van der Waals surface area contributed by atoms with Gasteiger partial charge in [0.2, 0.25) is 0 Å². The molecule has 2 aromatic carbocycles. The molecule has 0 spiro atoms. The first kappa shape index (κ1) is 27.2. The number of thiophene rings is 1. The lowest BCUT2D eigenvalue weighted by molar-refractivity contribution is -0.112. The Morgan fingerprint density at radius 1 is 0.925 bits per heavy atom. The third kappa shape index (κ3) is 5.49. The predicted molar refractivity (Wildman–Crippen MR) is 162 cm³/mol. The van der Waals surface area contributed by atoms with Crippen molar-refractivity contribution in [1.82, 2.24) is 4.57 Å². The molecule has 0 bridgehead atoms. The minimum Gasteiger partial charge on any atom is -0.322 e. The summed E-state index contributed by atoms with van der Waals surface area (Å²) in [5.74, 6) is -0.567. The Morgan fingerprint density at radius 2 is 1.62 bits per heavy atom. The highest BCUT2D eigenvalue weighted by atomic mass is 32.1. The molecule has 2 N–H and O–H groups in total. The number of aromatic nitrogens is 1. The summed E-state index contributed by atoms with van der Waals surface area (Å²) in [7, 11) is 0. The van der Waals surface area contributed by atoms with Gasteiger partial charge in [-0.2, -0.15) is 5.26 Å². The summed E-state index contributed by atoms with van der Waals surface area (Å²) in [6.07, 6.45) is 5.66. The zero-order chi connectivity index (χ0) is 28.4. The van der Waals surface area contributed by atoms with Crippen molar-refractivity contribution >= 4 is 40.6 Å². The monoisotopic (exact) mass is 548 g/mol. The molecule has 0 unspecified atom stereocenters. The Labute approximate surface area is 239 Å². The van der Waals surface area contributed by atoms with Gasteiger partial charge in [0.25, 0.3) is 11.8 Å². The molecule has 4 aromatic rings. The molecule has 0 radical (unpaired) electrons. The molecule has 2 aromatic heterocycles. The number of nitrogens with one attached hydrogen (secondary N) is 2. The van der Waals surface area contributed by atoms with Gasteiger partial charge in [0.1, 0.15) is 16.6 Å². The molecule has 2 amide bonds. The Kier molecular flexibility index (Phi) is 7.72. The molecule has 6 nitrogen and oxygen atoms in total. The Hall–Kier alpha value is -4.41. The van der Waals surface area contributed by atoms with E-state index in [-0.39, 0.29) is 11.5 Å². The van der Waals surface area contributed by atoms with Crippen molar-refractivity contribution in [3.8, 4) is 11.1 Å². The van der Waals surface area contributed by atoms with Crippen LogP contribution in [0, 0.1) is 39.0 Å². The Balaban J connectivity index is 1.52. The molecular formula is C33H32N4O2S. The quantitative estimate of drug-likeness (QED) is 0.194. The number of anilines is 2. The molecule has 0 saturated carbocycles. The second-order valence-corrected chi connectivity index (χ2v) is 11.5. The number of nitrogens with zero attached hydrogens (tertiary/aromatic N) is 2. The predicted octanol–water partition coefficient (Wildman–Crippen LogP) is 7.45. The fraction of sp³-hybridized carbons (Fsp3) is 0.242. The van der Waals surface area contributed by atoms with Crippen LogP contribution in [-0.4, -0.2) is 16.4 Å². The number of fused-ring (bicyclic) bond motifs is 1. The smallest absolute Gasteiger partial charge is 0.266 e. The van der Waals surface area contributed by atoms with Crippen LogP contribution < -0.4 is 10.6 Å². The second kappa shape index (κ2) is 11.4. The van der Waals surface area contributed by atoms with Gasteiger partial charge < -0.3 is 15.2 Å². The zero-order valence-electron chi connectivity index (χ0n) is 23.2. The van der Waals surface area contributed by atoms with Crippen LogP contribution in [0.3, 0.4) is 0 Å². The molecule has 7 heteroatoms. The van der Waals surface area contributed by atoms with Crippen molar-refractivity contribution in [2.24, 2.45) is 0 Å². The average Bonchev–Trinajstić information content (AvgIpc) is 3.42. The van der Waals surface area contributed by atoms with Gasteiger partial charge in [0.15, 0.2) is 0 Å². The Morgan fingerprint density at radius 3 is 2.33 bits per heavy atom. The van der Waals surface area contributed by atoms with Crippen LogP contribution in [0.4, 0.5) is 11.4 Å². The number of rotatable bonds is 6. The number of para-hydroxylation sites is 1. The van der Waals surface area contributed by atoms with E-state index in [1.807, 2.05) is 82.3 Å². The lowest BCUT2D eigenvalue weighted by atomic mass is 9.95. The van der Waals surface area contributed by atoms with Crippen LogP contribution in [0.1, 0.15) is 61.7 Å². The molecule has 0 fully saturated rings. The van der Waals surface area contributed by atoms with E-state index in [0.717, 1.165) is 70.0 Å². The standard InChI is InChI=1S/C33H32N4O2S/c1-20-14-21(2)16-27(15-20)36-31(38)25(19-34)18-24-17-22(3)37(23(24)4)33-30(28-12-8-9-13-29(28)40-33)32(39)35-26-10-6-5-7-11-26/h5-7,10-11,14-18H,8-9,12-13H2,1-4H3,(H,35,39)(H,36,38)/b25-18-. The molecular weight excluding hydrogens is 516 g/mol. The van der Waals surface area contributed by atoms with E-state index in [0.29, 0.717) is 11.3 Å². The maximum atomic E-state index is 13.7. The van der Waals surface area contributed by atoms with Gasteiger partial charge >= 0.3 is 0 Å². The summed E-state index contributed by atoms with van der Waals surface area (Å²) in [5, 5.41) is 16.7. The van der Waals surface area contributed by atoms with E-state index < -0.39 is 5.91 Å². The first-order chi connectivity index (χ1) is 19.2. The zero-order valence-corrected chi connectivity index (χ0v) is 24.0. The highest BCUT2D eigenvalue weighted by molar-refractivity contribution is 7.15. The van der Waals surface area contributed by atoms with Gasteiger partial charge in [0, 0.05) is 27.6 Å². The largest absolute Gasteiger partial charge is 0.322 e. The van der Waals surface area contributed by atoms with Gasteiger partial charge in [-0.3, -0.25) is 9.59 Å². The van der Waals surface area contributed by atoms with Crippen LogP contribution >= 0.6 is 11.3 Å². The number of carbonyl (C=O) groups is 2. The molecule has 1 aliphatic rings. The summed E-state index contributed by atoms with van der Waals surface area (Å²) in [5.41, 5.74) is 7.93. The summed E-state index contributed by atoms with van der Waals surface area (Å²) in [4.78, 5) is 28.0. The van der Waals surface area contributed by atoms with Crippen LogP contribution in [0.25, 0.3) is 11.1 Å². The summed E-state index contributed by atoms with van der Waals surface area (Å²) in [6.45, 7) is 7.89. The van der Waals surface area contributed by atoms with E-state index in [9.17, 15) is 14.9 Å². The van der Waals surface area contributed by atoms with Gasteiger partial charge in [-0.1, -0.05) is 24.3 Å². The molecule has 0 aliphatic heterocycles. The molecule has 40 heavy (non-hydrogen) atoms. The van der Waals surface area contributed by atoms with Gasteiger partial charge in [0.05, 0.1) is 5.56 Å². The molecule has 1 aliphatic carbocycles. The van der Waals surface area contributed by atoms with Crippen molar-refractivity contribution in [3.05, 3.63) is 104 Å². The fourth-order valence-electron chi connectivity index (χ4n) is 5.45. The molecule has 0 saturated heterocycles.